The molecule has 0 unspecified atom stereocenters. The van der Waals surface area contributed by atoms with Gasteiger partial charge >= 0.3 is 0 Å². The predicted molar refractivity (Wildman–Crippen MR) is 96.8 cm³/mol. The summed E-state index contributed by atoms with van der Waals surface area (Å²) < 4.78 is 2.15. The molecule has 25 heavy (non-hydrogen) atoms. The molecule has 0 radical (unpaired) electrons. The lowest BCUT2D eigenvalue weighted by molar-refractivity contribution is -0.385. The van der Waals surface area contributed by atoms with Crippen LogP contribution in [0.4, 0.5) is 5.69 Å². The number of carbonyl (C=O) groups excluding carboxylic acids is 1. The summed E-state index contributed by atoms with van der Waals surface area (Å²) in [5.41, 5.74) is 2.93. The van der Waals surface area contributed by atoms with Crippen LogP contribution >= 0.6 is 0 Å². The zero-order valence-corrected chi connectivity index (χ0v) is 14.2. The molecule has 3 rings (SSSR count). The van der Waals surface area contributed by atoms with Gasteiger partial charge in [-0.25, -0.2) is 0 Å². The number of nitro groups is 1. The zero-order valence-electron chi connectivity index (χ0n) is 14.2. The van der Waals surface area contributed by atoms with E-state index in [2.05, 4.69) is 28.1 Å². The Labute approximate surface area is 145 Å². The van der Waals surface area contributed by atoms with Crippen molar-refractivity contribution in [3.05, 3.63) is 75.5 Å². The van der Waals surface area contributed by atoms with Crippen LogP contribution in [0.2, 0.25) is 0 Å². The third-order valence-corrected chi connectivity index (χ3v) is 4.39. The van der Waals surface area contributed by atoms with E-state index in [4.69, 9.17) is 0 Å². The number of para-hydroxylation sites is 1. The summed E-state index contributed by atoms with van der Waals surface area (Å²) in [5.74, 6) is -0.296. The first-order valence-electron chi connectivity index (χ1n) is 8.06. The monoisotopic (exact) mass is 337 g/mol. The summed E-state index contributed by atoms with van der Waals surface area (Å²) in [6.07, 6.45) is 0. The quantitative estimate of drug-likeness (QED) is 0.571. The van der Waals surface area contributed by atoms with Crippen LogP contribution in [0.25, 0.3) is 10.9 Å². The van der Waals surface area contributed by atoms with Gasteiger partial charge in [-0.3, -0.25) is 14.9 Å². The standard InChI is InChI=1S/C19H19N3O3/c1-13-12-15-6-3-4-8-18(15)21(13)11-10-20-19(23)16-7-5-9-17(14(16)2)22(24)25/h3-9,12H,10-11H2,1-2H3,(H,20,23). The summed E-state index contributed by atoms with van der Waals surface area (Å²) in [6, 6.07) is 14.8. The molecule has 0 fully saturated rings. The first kappa shape index (κ1) is 16.7. The zero-order chi connectivity index (χ0) is 18.0. The van der Waals surface area contributed by atoms with E-state index >= 15 is 0 Å². The van der Waals surface area contributed by atoms with Crippen molar-refractivity contribution < 1.29 is 9.72 Å². The summed E-state index contributed by atoms with van der Waals surface area (Å²) in [7, 11) is 0. The van der Waals surface area contributed by atoms with Crippen molar-refractivity contribution in [2.75, 3.05) is 6.54 Å². The number of hydrogen-bond acceptors (Lipinski definition) is 3. The highest BCUT2D eigenvalue weighted by molar-refractivity contribution is 5.96. The van der Waals surface area contributed by atoms with Crippen molar-refractivity contribution in [3.8, 4) is 0 Å². The lowest BCUT2D eigenvalue weighted by Crippen LogP contribution is -2.28. The highest BCUT2D eigenvalue weighted by Gasteiger charge is 2.17. The van der Waals surface area contributed by atoms with Crippen LogP contribution in [0.15, 0.2) is 48.5 Å². The lowest BCUT2D eigenvalue weighted by atomic mass is 10.1. The van der Waals surface area contributed by atoms with Crippen LogP contribution in [-0.2, 0) is 6.54 Å². The normalized spacial score (nSPS) is 10.8. The molecule has 3 aromatic rings. The van der Waals surface area contributed by atoms with Gasteiger partial charge in [0, 0.05) is 41.5 Å². The molecule has 0 aliphatic heterocycles. The van der Waals surface area contributed by atoms with Gasteiger partial charge in [-0.1, -0.05) is 24.3 Å². The maximum Gasteiger partial charge on any atom is 0.273 e. The molecule has 0 bridgehead atoms. The fraction of sp³-hybridized carbons (Fsp3) is 0.211. The molecule has 128 valence electrons. The van der Waals surface area contributed by atoms with Gasteiger partial charge < -0.3 is 9.88 Å². The van der Waals surface area contributed by atoms with Gasteiger partial charge in [-0.05, 0) is 37.4 Å². The fourth-order valence-electron chi connectivity index (χ4n) is 3.09. The maximum absolute atomic E-state index is 12.4. The van der Waals surface area contributed by atoms with E-state index in [-0.39, 0.29) is 11.6 Å². The Morgan fingerprint density at radius 1 is 1.16 bits per heavy atom. The number of nitro benzene ring substituents is 1. The van der Waals surface area contributed by atoms with Crippen molar-refractivity contribution in [2.24, 2.45) is 0 Å². The van der Waals surface area contributed by atoms with Gasteiger partial charge in [0.05, 0.1) is 4.92 Å². The Balaban J connectivity index is 1.72. The fourth-order valence-corrected chi connectivity index (χ4v) is 3.09. The van der Waals surface area contributed by atoms with Crippen molar-refractivity contribution in [1.29, 1.82) is 0 Å². The van der Waals surface area contributed by atoms with Gasteiger partial charge in [0.2, 0.25) is 0 Å². The molecule has 0 aliphatic rings. The van der Waals surface area contributed by atoms with Crippen LogP contribution in [0.1, 0.15) is 21.6 Å². The number of benzene rings is 2. The van der Waals surface area contributed by atoms with E-state index < -0.39 is 4.92 Å². The van der Waals surface area contributed by atoms with Crippen LogP contribution < -0.4 is 5.32 Å². The predicted octanol–water partition coefficient (Wildman–Crippen LogP) is 3.60. The minimum Gasteiger partial charge on any atom is -0.350 e. The van der Waals surface area contributed by atoms with Gasteiger partial charge in [-0.2, -0.15) is 0 Å². The number of amides is 1. The first-order valence-corrected chi connectivity index (χ1v) is 8.06. The molecule has 0 aliphatic carbocycles. The van der Waals surface area contributed by atoms with Crippen molar-refractivity contribution in [3.63, 3.8) is 0 Å². The number of rotatable bonds is 5. The molecular formula is C19H19N3O3. The molecule has 0 atom stereocenters. The van der Waals surface area contributed by atoms with Crippen LogP contribution in [0.3, 0.4) is 0 Å². The Hall–Kier alpha value is -3.15. The van der Waals surface area contributed by atoms with Crippen molar-refractivity contribution in [1.82, 2.24) is 9.88 Å². The summed E-state index contributed by atoms with van der Waals surface area (Å²) in [6.45, 7) is 4.71. The van der Waals surface area contributed by atoms with Gasteiger partial charge in [0.15, 0.2) is 0 Å². The molecule has 1 N–H and O–H groups in total. The van der Waals surface area contributed by atoms with Crippen LogP contribution in [-0.4, -0.2) is 21.9 Å². The number of nitrogens with zero attached hydrogens (tertiary/aromatic N) is 2. The SMILES string of the molecule is Cc1c(C(=O)NCCn2c(C)cc3ccccc32)cccc1[N+](=O)[O-]. The van der Waals surface area contributed by atoms with Crippen molar-refractivity contribution in [2.45, 2.75) is 20.4 Å². The minimum absolute atomic E-state index is 0.0418. The van der Waals surface area contributed by atoms with E-state index in [1.807, 2.05) is 19.1 Å². The van der Waals surface area contributed by atoms with E-state index in [1.165, 1.54) is 17.5 Å². The molecule has 2 aromatic carbocycles. The average molecular weight is 337 g/mol. The second-order valence-electron chi connectivity index (χ2n) is 5.96. The molecule has 6 heteroatoms. The maximum atomic E-state index is 12.4. The summed E-state index contributed by atoms with van der Waals surface area (Å²) >= 11 is 0. The first-order chi connectivity index (χ1) is 12.0. The highest BCUT2D eigenvalue weighted by Crippen LogP contribution is 2.21. The molecule has 6 nitrogen and oxygen atoms in total. The topological polar surface area (TPSA) is 77.2 Å². The summed E-state index contributed by atoms with van der Waals surface area (Å²) in [4.78, 5) is 22.9. The molecule has 0 spiro atoms. The number of hydrogen-bond donors (Lipinski definition) is 1. The highest BCUT2D eigenvalue weighted by atomic mass is 16.6. The van der Waals surface area contributed by atoms with Gasteiger partial charge in [0.1, 0.15) is 0 Å². The van der Waals surface area contributed by atoms with E-state index in [1.54, 1.807) is 13.0 Å². The largest absolute Gasteiger partial charge is 0.350 e. The number of aromatic nitrogens is 1. The van der Waals surface area contributed by atoms with Crippen LogP contribution in [0, 0.1) is 24.0 Å². The number of carbonyl (C=O) groups is 1. The van der Waals surface area contributed by atoms with Gasteiger partial charge in [-0.15, -0.1) is 0 Å². The smallest absolute Gasteiger partial charge is 0.273 e. The molecule has 0 saturated heterocycles. The average Bonchev–Trinajstić information content (AvgIpc) is 2.90. The molecule has 1 aromatic heterocycles. The number of nitrogens with one attached hydrogen (secondary N) is 1. The molecule has 1 amide bonds. The van der Waals surface area contributed by atoms with E-state index in [9.17, 15) is 14.9 Å². The Morgan fingerprint density at radius 2 is 1.92 bits per heavy atom. The molecule has 1 heterocycles. The minimum atomic E-state index is -0.471. The Morgan fingerprint density at radius 3 is 2.68 bits per heavy atom. The Bertz CT molecular complexity index is 960. The lowest BCUT2D eigenvalue weighted by Gasteiger charge is -2.11. The van der Waals surface area contributed by atoms with E-state index in [0.717, 1.165) is 11.2 Å². The van der Waals surface area contributed by atoms with Crippen molar-refractivity contribution >= 4 is 22.5 Å². The Kier molecular flexibility index (Phi) is 4.52. The number of fused-ring (bicyclic) bond motifs is 1. The third-order valence-electron chi connectivity index (χ3n) is 4.39. The van der Waals surface area contributed by atoms with Gasteiger partial charge in [0.25, 0.3) is 11.6 Å². The molecular weight excluding hydrogens is 318 g/mol. The van der Waals surface area contributed by atoms with E-state index in [0.29, 0.717) is 24.2 Å². The number of aryl methyl sites for hydroxylation is 1. The van der Waals surface area contributed by atoms with Crippen LogP contribution in [0.5, 0.6) is 0 Å². The summed E-state index contributed by atoms with van der Waals surface area (Å²) in [5, 5.41) is 15.0. The molecule has 0 saturated carbocycles. The third kappa shape index (κ3) is 3.24. The second kappa shape index (κ2) is 6.76. The second-order valence-corrected chi connectivity index (χ2v) is 5.96.